The van der Waals surface area contributed by atoms with Crippen LogP contribution in [0.15, 0.2) is 36.4 Å². The van der Waals surface area contributed by atoms with Crippen molar-refractivity contribution in [2.45, 2.75) is 13.2 Å². The summed E-state index contributed by atoms with van der Waals surface area (Å²) in [6, 6.07) is 8.79. The molecule has 0 radical (unpaired) electrons. The lowest BCUT2D eigenvalue weighted by molar-refractivity contribution is -0.0512. The Morgan fingerprint density at radius 2 is 1.76 bits per heavy atom. The van der Waals surface area contributed by atoms with Gasteiger partial charge in [0.2, 0.25) is 0 Å². The Balaban J connectivity index is 2.09. The maximum Gasteiger partial charge on any atom is 0.387 e. The molecule has 0 heterocycles. The van der Waals surface area contributed by atoms with Crippen LogP contribution in [0.4, 0.5) is 8.78 Å². The van der Waals surface area contributed by atoms with E-state index in [1.54, 1.807) is 6.07 Å². The van der Waals surface area contributed by atoms with E-state index in [1.165, 1.54) is 44.6 Å². The summed E-state index contributed by atoms with van der Waals surface area (Å²) >= 11 is 5.85. The Kier molecular flexibility index (Phi) is 6.41. The van der Waals surface area contributed by atoms with Crippen molar-refractivity contribution < 1.29 is 32.5 Å². The van der Waals surface area contributed by atoms with Crippen molar-refractivity contribution in [3.63, 3.8) is 0 Å². The van der Waals surface area contributed by atoms with Crippen LogP contribution in [-0.2, 0) is 11.3 Å². The molecular formula is C17H15ClF2O5. The maximum atomic E-state index is 12.3. The fourth-order valence-electron chi connectivity index (χ4n) is 2.06. The van der Waals surface area contributed by atoms with Gasteiger partial charge in [0.15, 0.2) is 11.5 Å². The summed E-state index contributed by atoms with van der Waals surface area (Å²) in [6.45, 7) is -3.05. The fourth-order valence-corrected chi connectivity index (χ4v) is 2.22. The quantitative estimate of drug-likeness (QED) is 0.678. The molecule has 8 heteroatoms. The molecule has 0 fully saturated rings. The Morgan fingerprint density at radius 3 is 2.40 bits per heavy atom. The van der Waals surface area contributed by atoms with Crippen LogP contribution in [0, 0.1) is 0 Å². The maximum absolute atomic E-state index is 12.3. The summed E-state index contributed by atoms with van der Waals surface area (Å²) < 4.78 is 44.3. The highest BCUT2D eigenvalue weighted by Gasteiger charge is 2.15. The van der Waals surface area contributed by atoms with Gasteiger partial charge in [-0.05, 0) is 35.9 Å². The van der Waals surface area contributed by atoms with Crippen LogP contribution in [0.5, 0.6) is 17.2 Å². The van der Waals surface area contributed by atoms with E-state index in [1.807, 2.05) is 0 Å². The highest BCUT2D eigenvalue weighted by molar-refractivity contribution is 6.30. The molecule has 25 heavy (non-hydrogen) atoms. The van der Waals surface area contributed by atoms with Gasteiger partial charge in [-0.25, -0.2) is 4.79 Å². The first kappa shape index (κ1) is 18.8. The van der Waals surface area contributed by atoms with Gasteiger partial charge in [-0.3, -0.25) is 0 Å². The van der Waals surface area contributed by atoms with E-state index in [0.717, 1.165) is 0 Å². The van der Waals surface area contributed by atoms with E-state index < -0.39 is 12.6 Å². The molecule has 0 aliphatic heterocycles. The van der Waals surface area contributed by atoms with Crippen molar-refractivity contribution in [3.05, 3.63) is 52.5 Å². The first-order chi connectivity index (χ1) is 11.9. The SMILES string of the molecule is COc1cc(COC(=O)c2ccc(Cl)cc2OC)ccc1OC(F)F. The lowest BCUT2D eigenvalue weighted by Gasteiger charge is -2.12. The first-order valence-electron chi connectivity index (χ1n) is 7.07. The van der Waals surface area contributed by atoms with Crippen LogP contribution in [0.2, 0.25) is 5.02 Å². The monoisotopic (exact) mass is 372 g/mol. The number of hydrogen-bond acceptors (Lipinski definition) is 5. The van der Waals surface area contributed by atoms with Crippen molar-refractivity contribution in [1.82, 2.24) is 0 Å². The third kappa shape index (κ3) is 4.96. The molecule has 0 saturated heterocycles. The zero-order valence-corrected chi connectivity index (χ0v) is 14.2. The van der Waals surface area contributed by atoms with E-state index in [-0.39, 0.29) is 29.4 Å². The van der Waals surface area contributed by atoms with Crippen LogP contribution >= 0.6 is 11.6 Å². The molecule has 0 unspecified atom stereocenters. The van der Waals surface area contributed by atoms with Crippen LogP contribution in [0.25, 0.3) is 0 Å². The van der Waals surface area contributed by atoms with Crippen molar-refractivity contribution in [2.24, 2.45) is 0 Å². The van der Waals surface area contributed by atoms with Gasteiger partial charge in [0.1, 0.15) is 17.9 Å². The number of carbonyl (C=O) groups excluding carboxylic acids is 1. The molecule has 5 nitrogen and oxygen atoms in total. The van der Waals surface area contributed by atoms with E-state index in [4.69, 9.17) is 25.8 Å². The lowest BCUT2D eigenvalue weighted by Crippen LogP contribution is -2.08. The molecule has 0 N–H and O–H groups in total. The highest BCUT2D eigenvalue weighted by Crippen LogP contribution is 2.30. The van der Waals surface area contributed by atoms with E-state index in [0.29, 0.717) is 10.6 Å². The number of hydrogen-bond donors (Lipinski definition) is 0. The molecule has 0 aromatic heterocycles. The topological polar surface area (TPSA) is 54.0 Å². The largest absolute Gasteiger partial charge is 0.496 e. The van der Waals surface area contributed by atoms with Gasteiger partial charge in [-0.15, -0.1) is 0 Å². The smallest absolute Gasteiger partial charge is 0.387 e. The summed E-state index contributed by atoms with van der Waals surface area (Å²) in [5.41, 5.74) is 0.760. The number of esters is 1. The predicted molar refractivity (Wildman–Crippen MR) is 86.7 cm³/mol. The van der Waals surface area contributed by atoms with Gasteiger partial charge in [0.25, 0.3) is 0 Å². The molecule has 0 bridgehead atoms. The molecule has 0 atom stereocenters. The minimum Gasteiger partial charge on any atom is -0.496 e. The molecule has 134 valence electrons. The Hall–Kier alpha value is -2.54. The third-order valence-electron chi connectivity index (χ3n) is 3.20. The van der Waals surface area contributed by atoms with Gasteiger partial charge in [-0.1, -0.05) is 17.7 Å². The van der Waals surface area contributed by atoms with Gasteiger partial charge >= 0.3 is 12.6 Å². The highest BCUT2D eigenvalue weighted by atomic mass is 35.5. The Labute approximate surface area is 148 Å². The Bertz CT molecular complexity index is 752. The average molecular weight is 373 g/mol. The van der Waals surface area contributed by atoms with E-state index in [9.17, 15) is 13.6 Å². The predicted octanol–water partition coefficient (Wildman–Crippen LogP) is 4.32. The summed E-state index contributed by atoms with van der Waals surface area (Å²) in [7, 11) is 2.73. The number of ether oxygens (including phenoxy) is 4. The van der Waals surface area contributed by atoms with E-state index >= 15 is 0 Å². The van der Waals surface area contributed by atoms with Gasteiger partial charge in [0, 0.05) is 5.02 Å². The molecule has 2 aromatic carbocycles. The molecular weight excluding hydrogens is 358 g/mol. The first-order valence-corrected chi connectivity index (χ1v) is 7.44. The zero-order valence-electron chi connectivity index (χ0n) is 13.4. The third-order valence-corrected chi connectivity index (χ3v) is 3.43. The van der Waals surface area contributed by atoms with Crippen LogP contribution in [0.1, 0.15) is 15.9 Å². The normalized spacial score (nSPS) is 10.5. The average Bonchev–Trinajstić information content (AvgIpc) is 2.59. The zero-order chi connectivity index (χ0) is 18.4. The number of rotatable bonds is 7. The second kappa shape index (κ2) is 8.53. The second-order valence-corrected chi connectivity index (χ2v) is 5.22. The molecule has 0 amide bonds. The number of halogens is 3. The van der Waals surface area contributed by atoms with Crippen LogP contribution < -0.4 is 14.2 Å². The van der Waals surface area contributed by atoms with Crippen LogP contribution in [0.3, 0.4) is 0 Å². The number of alkyl halides is 2. The Morgan fingerprint density at radius 1 is 1.04 bits per heavy atom. The summed E-state index contributed by atoms with van der Waals surface area (Å²) in [6.07, 6.45) is 0. The van der Waals surface area contributed by atoms with Crippen LogP contribution in [-0.4, -0.2) is 26.8 Å². The minimum absolute atomic E-state index is 0.0874. The summed E-state index contributed by atoms with van der Waals surface area (Å²) in [5.74, 6) is -0.318. The summed E-state index contributed by atoms with van der Waals surface area (Å²) in [4.78, 5) is 12.2. The van der Waals surface area contributed by atoms with Crippen molar-refractivity contribution in [2.75, 3.05) is 14.2 Å². The molecule has 0 aliphatic carbocycles. The fraction of sp³-hybridized carbons (Fsp3) is 0.235. The molecule has 0 saturated carbocycles. The second-order valence-electron chi connectivity index (χ2n) is 4.78. The lowest BCUT2D eigenvalue weighted by atomic mass is 10.2. The molecule has 0 spiro atoms. The molecule has 2 rings (SSSR count). The van der Waals surface area contributed by atoms with Gasteiger partial charge in [0.05, 0.1) is 14.2 Å². The van der Waals surface area contributed by atoms with Gasteiger partial charge in [-0.2, -0.15) is 8.78 Å². The van der Waals surface area contributed by atoms with Crippen molar-refractivity contribution in [3.8, 4) is 17.2 Å². The number of methoxy groups -OCH3 is 2. The van der Waals surface area contributed by atoms with Gasteiger partial charge < -0.3 is 18.9 Å². The van der Waals surface area contributed by atoms with E-state index in [2.05, 4.69) is 4.74 Å². The standard InChI is InChI=1S/C17H15ClF2O5/c1-22-14-8-11(18)4-5-12(14)16(21)24-9-10-3-6-13(25-17(19)20)15(7-10)23-2/h3-8,17H,9H2,1-2H3. The minimum atomic E-state index is -2.96. The number of benzene rings is 2. The number of carbonyl (C=O) groups is 1. The molecule has 0 aliphatic rings. The summed E-state index contributed by atoms with van der Waals surface area (Å²) in [5, 5.41) is 0.424. The molecule has 2 aromatic rings. The van der Waals surface area contributed by atoms with Crippen molar-refractivity contribution in [1.29, 1.82) is 0 Å². The van der Waals surface area contributed by atoms with Crippen molar-refractivity contribution >= 4 is 17.6 Å².